The van der Waals surface area contributed by atoms with Crippen LogP contribution in [0.5, 0.6) is 0 Å². The zero-order valence-electron chi connectivity index (χ0n) is 10.1. The van der Waals surface area contributed by atoms with E-state index in [2.05, 4.69) is 11.3 Å². The number of sulfonamides is 1. The van der Waals surface area contributed by atoms with E-state index in [0.717, 1.165) is 11.4 Å². The second-order valence-electron chi connectivity index (χ2n) is 3.49. The van der Waals surface area contributed by atoms with Gasteiger partial charge in [-0.25, -0.2) is 8.42 Å². The monoisotopic (exact) mass is 269 g/mol. The fraction of sp³-hybridized carbons (Fsp3) is 0.250. The lowest BCUT2D eigenvalue weighted by atomic mass is 10.3. The van der Waals surface area contributed by atoms with Crippen molar-refractivity contribution >= 4 is 21.7 Å². The van der Waals surface area contributed by atoms with Crippen molar-refractivity contribution in [3.05, 3.63) is 43.0 Å². The Morgan fingerprint density at radius 1 is 1.39 bits per heavy atom. The third-order valence-electron chi connectivity index (χ3n) is 2.20. The quantitative estimate of drug-likeness (QED) is 0.574. The number of hydrogen-bond acceptors (Lipinski definition) is 4. The van der Waals surface area contributed by atoms with Gasteiger partial charge in [-0.05, 0) is 12.1 Å². The van der Waals surface area contributed by atoms with Crippen molar-refractivity contribution in [1.82, 2.24) is 0 Å². The molecule has 0 aromatic heterocycles. The fourth-order valence-electron chi connectivity index (χ4n) is 1.38. The molecule has 1 rings (SSSR count). The van der Waals surface area contributed by atoms with Crippen LogP contribution in [-0.2, 0) is 19.6 Å². The summed E-state index contributed by atoms with van der Waals surface area (Å²) in [5.74, 6) is -1.48. The maximum absolute atomic E-state index is 12.1. The summed E-state index contributed by atoms with van der Waals surface area (Å²) in [5, 5.41) is 0. The molecular weight excluding hydrogens is 254 g/mol. The molecule has 0 amide bonds. The summed E-state index contributed by atoms with van der Waals surface area (Å²) in [6.45, 7) is 3.62. The Bertz CT molecular complexity index is 510. The number of para-hydroxylation sites is 1. The van der Waals surface area contributed by atoms with Gasteiger partial charge < -0.3 is 4.74 Å². The minimum absolute atomic E-state index is 0.101. The van der Waals surface area contributed by atoms with Gasteiger partial charge in [0.25, 0.3) is 0 Å². The smallest absolute Gasteiger partial charge is 0.322 e. The maximum atomic E-state index is 12.1. The topological polar surface area (TPSA) is 63.7 Å². The Morgan fingerprint density at radius 2 is 2.00 bits per heavy atom. The Hall–Kier alpha value is -1.82. The molecule has 0 heterocycles. The number of benzene rings is 1. The SMILES string of the molecule is C=CCN(c1ccccc1)S(=O)(=O)CC(=O)OC. The number of carbonyl (C=O) groups excluding carboxylic acids is 1. The molecule has 0 saturated heterocycles. The van der Waals surface area contributed by atoms with Crippen LogP contribution in [0.1, 0.15) is 0 Å². The van der Waals surface area contributed by atoms with Gasteiger partial charge in [0, 0.05) is 0 Å². The van der Waals surface area contributed by atoms with Gasteiger partial charge in [0.05, 0.1) is 19.3 Å². The summed E-state index contributed by atoms with van der Waals surface area (Å²) >= 11 is 0. The van der Waals surface area contributed by atoms with Gasteiger partial charge in [0.2, 0.25) is 10.0 Å². The summed E-state index contributed by atoms with van der Waals surface area (Å²) < 4.78 is 29.6. The van der Waals surface area contributed by atoms with Gasteiger partial charge in [-0.1, -0.05) is 24.3 Å². The average molecular weight is 269 g/mol. The predicted molar refractivity (Wildman–Crippen MR) is 69.8 cm³/mol. The predicted octanol–water partition coefficient (Wildman–Crippen LogP) is 1.18. The Labute approximate surface area is 107 Å². The molecule has 0 aliphatic rings. The second kappa shape index (κ2) is 6.20. The molecule has 0 unspecified atom stereocenters. The maximum Gasteiger partial charge on any atom is 0.322 e. The molecule has 0 aliphatic carbocycles. The molecule has 1 aromatic rings. The fourth-order valence-corrected chi connectivity index (χ4v) is 2.72. The molecule has 0 bridgehead atoms. The first-order chi connectivity index (χ1) is 8.51. The molecule has 98 valence electrons. The molecule has 18 heavy (non-hydrogen) atoms. The van der Waals surface area contributed by atoms with E-state index >= 15 is 0 Å². The van der Waals surface area contributed by atoms with E-state index in [9.17, 15) is 13.2 Å². The van der Waals surface area contributed by atoms with Crippen molar-refractivity contribution in [2.45, 2.75) is 0 Å². The van der Waals surface area contributed by atoms with Crippen molar-refractivity contribution < 1.29 is 17.9 Å². The highest BCUT2D eigenvalue weighted by molar-refractivity contribution is 7.93. The third kappa shape index (κ3) is 3.59. The minimum atomic E-state index is -3.76. The molecule has 0 fully saturated rings. The molecule has 1 aromatic carbocycles. The molecular formula is C12H15NO4S. The van der Waals surface area contributed by atoms with Crippen molar-refractivity contribution in [1.29, 1.82) is 0 Å². The van der Waals surface area contributed by atoms with Gasteiger partial charge >= 0.3 is 5.97 Å². The van der Waals surface area contributed by atoms with E-state index < -0.39 is 21.7 Å². The molecule has 0 spiro atoms. The summed E-state index contributed by atoms with van der Waals surface area (Å²) in [7, 11) is -2.61. The average Bonchev–Trinajstić information content (AvgIpc) is 2.36. The molecule has 0 atom stereocenters. The third-order valence-corrected chi connectivity index (χ3v) is 3.83. The van der Waals surface area contributed by atoms with E-state index in [1.165, 1.54) is 6.08 Å². The Balaban J connectivity index is 3.05. The summed E-state index contributed by atoms with van der Waals surface area (Å²) in [6.07, 6.45) is 1.46. The van der Waals surface area contributed by atoms with Gasteiger partial charge in [0.15, 0.2) is 5.75 Å². The number of hydrogen-bond donors (Lipinski definition) is 0. The normalized spacial score (nSPS) is 10.7. The lowest BCUT2D eigenvalue weighted by Gasteiger charge is -2.22. The van der Waals surface area contributed by atoms with Crippen LogP contribution in [0.4, 0.5) is 5.69 Å². The van der Waals surface area contributed by atoms with Crippen LogP contribution < -0.4 is 4.31 Å². The van der Waals surface area contributed by atoms with Crippen LogP contribution in [0.25, 0.3) is 0 Å². The van der Waals surface area contributed by atoms with Crippen LogP contribution in [0.15, 0.2) is 43.0 Å². The molecule has 0 saturated carbocycles. The molecule has 5 nitrogen and oxygen atoms in total. The van der Waals surface area contributed by atoms with Crippen LogP contribution in [-0.4, -0.2) is 33.8 Å². The van der Waals surface area contributed by atoms with E-state index in [4.69, 9.17) is 0 Å². The van der Waals surface area contributed by atoms with Crippen LogP contribution in [0.2, 0.25) is 0 Å². The van der Waals surface area contributed by atoms with Crippen LogP contribution in [0.3, 0.4) is 0 Å². The van der Waals surface area contributed by atoms with E-state index in [-0.39, 0.29) is 6.54 Å². The first kappa shape index (κ1) is 14.2. The number of rotatable bonds is 6. The van der Waals surface area contributed by atoms with Crippen LogP contribution in [0, 0.1) is 0 Å². The standard InChI is InChI=1S/C12H15NO4S/c1-3-9-13(11-7-5-4-6-8-11)18(15,16)10-12(14)17-2/h3-8H,1,9-10H2,2H3. The highest BCUT2D eigenvalue weighted by atomic mass is 32.2. The van der Waals surface area contributed by atoms with Crippen molar-refractivity contribution in [2.75, 3.05) is 23.7 Å². The number of anilines is 1. The summed E-state index contributed by atoms with van der Waals surface area (Å²) in [6, 6.07) is 8.53. The van der Waals surface area contributed by atoms with Gasteiger partial charge in [-0.15, -0.1) is 6.58 Å². The minimum Gasteiger partial charge on any atom is -0.468 e. The van der Waals surface area contributed by atoms with Crippen molar-refractivity contribution in [3.8, 4) is 0 Å². The lowest BCUT2D eigenvalue weighted by molar-refractivity contribution is -0.137. The second-order valence-corrected chi connectivity index (χ2v) is 5.38. The zero-order valence-corrected chi connectivity index (χ0v) is 10.9. The molecule has 6 heteroatoms. The lowest BCUT2D eigenvalue weighted by Crippen LogP contribution is -2.36. The first-order valence-electron chi connectivity index (χ1n) is 5.24. The van der Waals surface area contributed by atoms with Crippen molar-refractivity contribution in [2.24, 2.45) is 0 Å². The van der Waals surface area contributed by atoms with Gasteiger partial charge in [0.1, 0.15) is 0 Å². The van der Waals surface area contributed by atoms with Gasteiger partial charge in [-0.2, -0.15) is 0 Å². The van der Waals surface area contributed by atoms with Gasteiger partial charge in [-0.3, -0.25) is 9.10 Å². The highest BCUT2D eigenvalue weighted by Gasteiger charge is 2.25. The number of methoxy groups -OCH3 is 1. The Morgan fingerprint density at radius 3 is 2.50 bits per heavy atom. The molecule has 0 N–H and O–H groups in total. The number of carbonyl (C=O) groups is 1. The largest absolute Gasteiger partial charge is 0.468 e. The zero-order chi connectivity index (χ0) is 13.6. The van der Waals surface area contributed by atoms with E-state index in [1.54, 1.807) is 30.3 Å². The van der Waals surface area contributed by atoms with Crippen LogP contribution >= 0.6 is 0 Å². The van der Waals surface area contributed by atoms with E-state index in [0.29, 0.717) is 5.69 Å². The Kier molecular flexibility index (Phi) is 4.91. The van der Waals surface area contributed by atoms with Crippen molar-refractivity contribution in [3.63, 3.8) is 0 Å². The highest BCUT2D eigenvalue weighted by Crippen LogP contribution is 2.17. The number of esters is 1. The number of ether oxygens (including phenoxy) is 1. The van der Waals surface area contributed by atoms with E-state index in [1.807, 2.05) is 0 Å². The first-order valence-corrected chi connectivity index (χ1v) is 6.85. The summed E-state index contributed by atoms with van der Waals surface area (Å²) in [5.41, 5.74) is 0.487. The summed E-state index contributed by atoms with van der Waals surface area (Å²) in [4.78, 5) is 11.1. The molecule has 0 radical (unpaired) electrons. The molecule has 0 aliphatic heterocycles. The number of nitrogens with zero attached hydrogens (tertiary/aromatic N) is 1.